The first-order valence-corrected chi connectivity index (χ1v) is 5.39. The van der Waals surface area contributed by atoms with Crippen molar-refractivity contribution >= 4 is 15.9 Å². The second-order valence-corrected chi connectivity index (χ2v) is 4.08. The molecule has 0 unspecified atom stereocenters. The molecule has 0 amide bonds. The summed E-state index contributed by atoms with van der Waals surface area (Å²) in [7, 11) is 0. The number of nitro groups is 1. The molecule has 1 aromatic rings. The van der Waals surface area contributed by atoms with E-state index in [2.05, 4.69) is 26.4 Å². The van der Waals surface area contributed by atoms with Crippen LogP contribution in [0.25, 0.3) is 0 Å². The van der Waals surface area contributed by atoms with Gasteiger partial charge in [-0.05, 0) is 15.9 Å². The van der Waals surface area contributed by atoms with Crippen molar-refractivity contribution in [1.82, 2.24) is 15.4 Å². The summed E-state index contributed by atoms with van der Waals surface area (Å²) in [4.78, 5) is 11.7. The molecule has 1 saturated heterocycles. The molecule has 1 N–H and O–H groups in total. The van der Waals surface area contributed by atoms with Gasteiger partial charge in [-0.3, -0.25) is 10.1 Å². The Morgan fingerprint density at radius 2 is 2.62 bits per heavy atom. The average Bonchev–Trinajstić information content (AvgIpc) is 2.77. The highest BCUT2D eigenvalue weighted by Crippen LogP contribution is 2.16. The molecule has 1 aromatic heterocycles. The van der Waals surface area contributed by atoms with Crippen molar-refractivity contribution in [2.75, 3.05) is 13.1 Å². The summed E-state index contributed by atoms with van der Waals surface area (Å²) in [6, 6.07) is 1.74. The zero-order chi connectivity index (χ0) is 11.5. The normalized spacial score (nSPS) is 17.8. The van der Waals surface area contributed by atoms with E-state index in [0.717, 1.165) is 6.20 Å². The maximum atomic E-state index is 10.4. The van der Waals surface area contributed by atoms with Crippen LogP contribution in [0, 0.1) is 10.1 Å². The zero-order valence-electron chi connectivity index (χ0n) is 8.22. The monoisotopic (exact) mass is 288 g/mol. The molecule has 1 aliphatic heterocycles. The molecule has 0 atom stereocenters. The average molecular weight is 289 g/mol. The largest absolute Gasteiger partial charge is 0.365 e. The molecule has 16 heavy (non-hydrogen) atoms. The van der Waals surface area contributed by atoms with Crippen LogP contribution in [0.1, 0.15) is 5.76 Å². The number of nitrogens with zero attached hydrogens (tertiary/aromatic N) is 3. The summed E-state index contributed by atoms with van der Waals surface area (Å²) >= 11 is 3.18. The fourth-order valence-electron chi connectivity index (χ4n) is 1.49. The Morgan fingerprint density at radius 1 is 1.81 bits per heavy atom. The van der Waals surface area contributed by atoms with E-state index >= 15 is 0 Å². The molecule has 7 nitrogen and oxygen atoms in total. The fraction of sp³-hybridized carbons (Fsp3) is 0.375. The van der Waals surface area contributed by atoms with Gasteiger partial charge in [-0.2, -0.15) is 0 Å². The first kappa shape index (κ1) is 10.9. The maximum Gasteiger partial charge on any atom is 0.274 e. The lowest BCUT2D eigenvalue weighted by molar-refractivity contribution is -0.404. The minimum Gasteiger partial charge on any atom is -0.365 e. The van der Waals surface area contributed by atoms with Crippen LogP contribution < -0.4 is 5.32 Å². The van der Waals surface area contributed by atoms with Crippen LogP contribution in [0.4, 0.5) is 0 Å². The van der Waals surface area contributed by atoms with E-state index in [9.17, 15) is 10.1 Å². The highest BCUT2D eigenvalue weighted by Gasteiger charge is 2.20. The van der Waals surface area contributed by atoms with Crippen molar-refractivity contribution < 1.29 is 9.45 Å². The Hall–Kier alpha value is -1.57. The highest BCUT2D eigenvalue weighted by atomic mass is 79.9. The predicted molar refractivity (Wildman–Crippen MR) is 57.7 cm³/mol. The first-order valence-electron chi connectivity index (χ1n) is 4.60. The zero-order valence-corrected chi connectivity index (χ0v) is 9.81. The Balaban J connectivity index is 2.06. The van der Waals surface area contributed by atoms with Crippen molar-refractivity contribution in [2.24, 2.45) is 0 Å². The van der Waals surface area contributed by atoms with Crippen LogP contribution in [0.2, 0.25) is 0 Å². The van der Waals surface area contributed by atoms with Crippen LogP contribution in [0.15, 0.2) is 27.2 Å². The third-order valence-corrected chi connectivity index (χ3v) is 2.51. The van der Waals surface area contributed by atoms with Crippen molar-refractivity contribution in [3.05, 3.63) is 38.6 Å². The molecule has 0 spiro atoms. The van der Waals surface area contributed by atoms with Crippen molar-refractivity contribution in [3.63, 3.8) is 0 Å². The number of halogens is 1. The molecule has 1 aliphatic rings. The van der Waals surface area contributed by atoms with Gasteiger partial charge >= 0.3 is 0 Å². The summed E-state index contributed by atoms with van der Waals surface area (Å²) < 4.78 is 5.64. The minimum absolute atomic E-state index is 0.464. The third-order valence-electron chi connectivity index (χ3n) is 2.13. The van der Waals surface area contributed by atoms with E-state index < -0.39 is 4.92 Å². The summed E-state index contributed by atoms with van der Waals surface area (Å²) in [5.41, 5.74) is 0. The lowest BCUT2D eigenvalue weighted by Crippen LogP contribution is -2.20. The van der Waals surface area contributed by atoms with E-state index in [4.69, 9.17) is 4.52 Å². The maximum absolute atomic E-state index is 10.4. The summed E-state index contributed by atoms with van der Waals surface area (Å²) in [5, 5.41) is 17.0. The highest BCUT2D eigenvalue weighted by molar-refractivity contribution is 9.10. The first-order chi connectivity index (χ1) is 7.65. The molecule has 86 valence electrons. The van der Waals surface area contributed by atoms with E-state index in [1.54, 1.807) is 6.07 Å². The number of hydrogen-bond acceptors (Lipinski definition) is 6. The SMILES string of the molecule is O=[N+]([O-])C=C1NCCN1Cc1cc(Br)no1. The summed E-state index contributed by atoms with van der Waals surface area (Å²) in [6.45, 7) is 1.86. The standard InChI is InChI=1S/C8H9BrN4O3/c9-7-3-6(16-11-7)4-12-2-1-10-8(12)5-13(14)15/h3,5,10H,1-2,4H2. The Morgan fingerprint density at radius 3 is 3.25 bits per heavy atom. The van der Waals surface area contributed by atoms with Gasteiger partial charge in [0, 0.05) is 19.2 Å². The molecule has 2 rings (SSSR count). The number of hydrogen-bond donors (Lipinski definition) is 1. The lowest BCUT2D eigenvalue weighted by atomic mass is 10.4. The van der Waals surface area contributed by atoms with Gasteiger partial charge < -0.3 is 14.7 Å². The van der Waals surface area contributed by atoms with Gasteiger partial charge in [0.25, 0.3) is 6.20 Å². The molecule has 8 heteroatoms. The number of aromatic nitrogens is 1. The van der Waals surface area contributed by atoms with Crippen LogP contribution >= 0.6 is 15.9 Å². The molecule has 0 aromatic carbocycles. The molecular formula is C8H9BrN4O3. The minimum atomic E-state index is -0.475. The molecule has 0 aliphatic carbocycles. The second kappa shape index (κ2) is 4.52. The molecule has 2 heterocycles. The smallest absolute Gasteiger partial charge is 0.274 e. The Bertz CT molecular complexity index is 431. The lowest BCUT2D eigenvalue weighted by Gasteiger charge is -2.14. The molecule has 0 bridgehead atoms. The Kier molecular flexibility index (Phi) is 3.09. The fourth-order valence-corrected chi connectivity index (χ4v) is 1.82. The number of nitrogens with one attached hydrogen (secondary N) is 1. The van der Waals surface area contributed by atoms with E-state index in [1.807, 2.05) is 4.90 Å². The summed E-state index contributed by atoms with van der Waals surface area (Å²) in [6.07, 6.45) is 0.957. The Labute approximate surface area is 99.4 Å². The molecule has 0 saturated carbocycles. The quantitative estimate of drug-likeness (QED) is 0.658. The van der Waals surface area contributed by atoms with Crippen molar-refractivity contribution in [2.45, 2.75) is 6.54 Å². The van der Waals surface area contributed by atoms with Gasteiger partial charge in [0.1, 0.15) is 4.60 Å². The van der Waals surface area contributed by atoms with E-state index in [0.29, 0.717) is 35.8 Å². The van der Waals surface area contributed by atoms with Crippen molar-refractivity contribution in [1.29, 1.82) is 0 Å². The topological polar surface area (TPSA) is 84.4 Å². The third kappa shape index (κ3) is 2.51. The van der Waals surface area contributed by atoms with Crippen LogP contribution in [-0.4, -0.2) is 28.1 Å². The van der Waals surface area contributed by atoms with Crippen LogP contribution in [-0.2, 0) is 6.54 Å². The molecular weight excluding hydrogens is 280 g/mol. The van der Waals surface area contributed by atoms with Crippen LogP contribution in [0.5, 0.6) is 0 Å². The van der Waals surface area contributed by atoms with Gasteiger partial charge in [-0.1, -0.05) is 5.16 Å². The van der Waals surface area contributed by atoms with Gasteiger partial charge in [0.2, 0.25) is 0 Å². The summed E-state index contributed by atoms with van der Waals surface area (Å²) in [5.74, 6) is 1.15. The predicted octanol–water partition coefficient (Wildman–Crippen LogP) is 0.918. The van der Waals surface area contributed by atoms with Crippen molar-refractivity contribution in [3.8, 4) is 0 Å². The van der Waals surface area contributed by atoms with Crippen LogP contribution in [0.3, 0.4) is 0 Å². The number of rotatable bonds is 3. The van der Waals surface area contributed by atoms with E-state index in [-0.39, 0.29) is 0 Å². The van der Waals surface area contributed by atoms with Gasteiger partial charge in [-0.25, -0.2) is 0 Å². The van der Waals surface area contributed by atoms with Gasteiger partial charge in [-0.15, -0.1) is 0 Å². The van der Waals surface area contributed by atoms with Gasteiger partial charge in [0.15, 0.2) is 11.6 Å². The molecule has 0 radical (unpaired) electrons. The van der Waals surface area contributed by atoms with Gasteiger partial charge in [0.05, 0.1) is 11.5 Å². The van der Waals surface area contributed by atoms with E-state index in [1.165, 1.54) is 0 Å². The second-order valence-electron chi connectivity index (χ2n) is 3.26. The molecule has 1 fully saturated rings.